The van der Waals surface area contributed by atoms with Gasteiger partial charge >= 0.3 is 0 Å². The summed E-state index contributed by atoms with van der Waals surface area (Å²) in [6, 6.07) is 0.304. The number of carbonyl (C=O) groups is 1. The first-order valence-corrected chi connectivity index (χ1v) is 6.14. The molecule has 0 saturated carbocycles. The molecule has 15 heavy (non-hydrogen) atoms. The van der Waals surface area contributed by atoms with Crippen molar-refractivity contribution in [1.29, 1.82) is 0 Å². The van der Waals surface area contributed by atoms with Crippen LogP contribution in [0, 0.1) is 5.92 Å². The Morgan fingerprint density at radius 2 is 2.20 bits per heavy atom. The largest absolute Gasteiger partial charge is 0.338 e. The van der Waals surface area contributed by atoms with Crippen molar-refractivity contribution in [1.82, 2.24) is 4.90 Å². The van der Waals surface area contributed by atoms with E-state index in [4.69, 9.17) is 5.73 Å². The predicted molar refractivity (Wildman–Crippen MR) is 62.5 cm³/mol. The average molecular weight is 212 g/mol. The van der Waals surface area contributed by atoms with Crippen LogP contribution in [0.1, 0.15) is 46.0 Å². The molecule has 0 bridgehead atoms. The molecule has 0 aromatic carbocycles. The van der Waals surface area contributed by atoms with Gasteiger partial charge < -0.3 is 10.6 Å². The quantitative estimate of drug-likeness (QED) is 0.772. The molecule has 0 radical (unpaired) electrons. The van der Waals surface area contributed by atoms with E-state index < -0.39 is 0 Å². The molecule has 3 nitrogen and oxygen atoms in total. The molecule has 1 fully saturated rings. The lowest BCUT2D eigenvalue weighted by Gasteiger charge is -2.35. The van der Waals surface area contributed by atoms with Crippen LogP contribution in [0.2, 0.25) is 0 Å². The van der Waals surface area contributed by atoms with Gasteiger partial charge in [-0.15, -0.1) is 0 Å². The van der Waals surface area contributed by atoms with Gasteiger partial charge in [0.1, 0.15) is 0 Å². The summed E-state index contributed by atoms with van der Waals surface area (Å²) in [4.78, 5) is 13.9. The number of hydrogen-bond acceptors (Lipinski definition) is 2. The number of likely N-dealkylation sites (tertiary alicyclic amines) is 1. The Morgan fingerprint density at radius 3 is 2.80 bits per heavy atom. The number of amides is 1. The molecule has 0 aromatic rings. The molecule has 1 aliphatic heterocycles. The van der Waals surface area contributed by atoms with Gasteiger partial charge in [-0.25, -0.2) is 0 Å². The Labute approximate surface area is 93.0 Å². The van der Waals surface area contributed by atoms with Gasteiger partial charge in [-0.3, -0.25) is 4.79 Å². The van der Waals surface area contributed by atoms with E-state index in [1.165, 1.54) is 6.42 Å². The molecule has 0 aromatic heterocycles. The lowest BCUT2D eigenvalue weighted by atomic mass is 10.0. The minimum Gasteiger partial charge on any atom is -0.338 e. The number of carbonyl (C=O) groups excluding carboxylic acids is 1. The Balaban J connectivity index is 2.41. The number of nitrogens with two attached hydrogens (primary N) is 1. The summed E-state index contributed by atoms with van der Waals surface area (Å²) < 4.78 is 0. The van der Waals surface area contributed by atoms with Gasteiger partial charge in [-0.05, 0) is 31.6 Å². The maximum Gasteiger partial charge on any atom is 0.222 e. The second-order valence-corrected chi connectivity index (χ2v) is 4.90. The first-order chi connectivity index (χ1) is 7.15. The van der Waals surface area contributed by atoms with Crippen LogP contribution in [0.4, 0.5) is 0 Å². The number of nitrogens with zero attached hydrogens (tertiary/aromatic N) is 1. The summed E-state index contributed by atoms with van der Waals surface area (Å²) in [6.07, 6.45) is 5.13. The number of rotatable bonds is 4. The van der Waals surface area contributed by atoms with E-state index in [-0.39, 0.29) is 0 Å². The van der Waals surface area contributed by atoms with Crippen molar-refractivity contribution in [3.05, 3.63) is 0 Å². The summed E-state index contributed by atoms with van der Waals surface area (Å²) >= 11 is 0. The molecule has 1 unspecified atom stereocenters. The van der Waals surface area contributed by atoms with Gasteiger partial charge in [0.2, 0.25) is 5.91 Å². The zero-order chi connectivity index (χ0) is 11.3. The second kappa shape index (κ2) is 6.11. The molecule has 3 heteroatoms. The van der Waals surface area contributed by atoms with Crippen LogP contribution >= 0.6 is 0 Å². The molecular weight excluding hydrogens is 188 g/mol. The third kappa shape index (κ3) is 3.82. The molecule has 2 N–H and O–H groups in total. The first kappa shape index (κ1) is 12.5. The first-order valence-electron chi connectivity index (χ1n) is 6.14. The zero-order valence-corrected chi connectivity index (χ0v) is 10.0. The lowest BCUT2D eigenvalue weighted by molar-refractivity contribution is -0.134. The maximum absolute atomic E-state index is 11.9. The fraction of sp³-hybridized carbons (Fsp3) is 0.917. The zero-order valence-electron chi connectivity index (χ0n) is 10.0. The smallest absolute Gasteiger partial charge is 0.222 e. The van der Waals surface area contributed by atoms with E-state index in [0.29, 0.717) is 30.8 Å². The van der Waals surface area contributed by atoms with Gasteiger partial charge in [-0.2, -0.15) is 0 Å². The van der Waals surface area contributed by atoms with Crippen LogP contribution in [-0.4, -0.2) is 29.9 Å². The summed E-state index contributed by atoms with van der Waals surface area (Å²) in [5, 5.41) is 0. The molecule has 1 atom stereocenters. The van der Waals surface area contributed by atoms with Crippen LogP contribution in [0.15, 0.2) is 0 Å². The van der Waals surface area contributed by atoms with Gasteiger partial charge in [0.15, 0.2) is 0 Å². The van der Waals surface area contributed by atoms with Crippen LogP contribution in [0.25, 0.3) is 0 Å². The van der Waals surface area contributed by atoms with Gasteiger partial charge in [0, 0.05) is 25.6 Å². The third-order valence-corrected chi connectivity index (χ3v) is 3.16. The lowest BCUT2D eigenvalue weighted by Crippen LogP contribution is -2.47. The monoisotopic (exact) mass is 212 g/mol. The molecule has 1 aliphatic rings. The van der Waals surface area contributed by atoms with Crippen molar-refractivity contribution < 1.29 is 4.79 Å². The SMILES string of the molecule is CC(C)CCC(=O)N1CCCCC1CN. The minimum absolute atomic E-state index is 0.304. The van der Waals surface area contributed by atoms with Crippen LogP contribution < -0.4 is 5.73 Å². The summed E-state index contributed by atoms with van der Waals surface area (Å²) in [5.74, 6) is 0.911. The maximum atomic E-state index is 11.9. The highest BCUT2D eigenvalue weighted by Crippen LogP contribution is 2.18. The standard InChI is InChI=1S/C12H24N2O/c1-10(2)6-7-12(15)14-8-4-3-5-11(14)9-13/h10-11H,3-9,13H2,1-2H3. The summed E-state index contributed by atoms with van der Waals surface area (Å²) in [7, 11) is 0. The van der Waals surface area contributed by atoms with Crippen molar-refractivity contribution in [2.75, 3.05) is 13.1 Å². The Bertz CT molecular complexity index is 204. The van der Waals surface area contributed by atoms with Gasteiger partial charge in [0.05, 0.1) is 0 Å². The van der Waals surface area contributed by atoms with Crippen molar-refractivity contribution in [2.45, 2.75) is 52.0 Å². The van der Waals surface area contributed by atoms with Gasteiger partial charge in [-0.1, -0.05) is 13.8 Å². The highest BCUT2D eigenvalue weighted by Gasteiger charge is 2.24. The fourth-order valence-electron chi connectivity index (χ4n) is 2.13. The van der Waals surface area contributed by atoms with E-state index in [1.54, 1.807) is 0 Å². The van der Waals surface area contributed by atoms with Crippen molar-refractivity contribution >= 4 is 5.91 Å². The topological polar surface area (TPSA) is 46.3 Å². The van der Waals surface area contributed by atoms with Crippen molar-refractivity contribution in [3.63, 3.8) is 0 Å². The Kier molecular flexibility index (Phi) is 5.09. The Hall–Kier alpha value is -0.570. The summed E-state index contributed by atoms with van der Waals surface area (Å²) in [6.45, 7) is 5.85. The Morgan fingerprint density at radius 1 is 1.47 bits per heavy atom. The van der Waals surface area contributed by atoms with Gasteiger partial charge in [0.25, 0.3) is 0 Å². The third-order valence-electron chi connectivity index (χ3n) is 3.16. The van der Waals surface area contributed by atoms with Crippen LogP contribution in [0.5, 0.6) is 0 Å². The molecule has 0 spiro atoms. The molecular formula is C12H24N2O. The average Bonchev–Trinajstić information content (AvgIpc) is 2.25. The summed E-state index contributed by atoms with van der Waals surface area (Å²) in [5.41, 5.74) is 5.69. The van der Waals surface area contributed by atoms with E-state index in [0.717, 1.165) is 25.8 Å². The molecule has 1 heterocycles. The molecule has 1 amide bonds. The van der Waals surface area contributed by atoms with E-state index in [1.807, 2.05) is 4.90 Å². The van der Waals surface area contributed by atoms with Crippen LogP contribution in [-0.2, 0) is 4.79 Å². The fourth-order valence-corrected chi connectivity index (χ4v) is 2.13. The van der Waals surface area contributed by atoms with Crippen LogP contribution in [0.3, 0.4) is 0 Å². The molecule has 1 rings (SSSR count). The normalized spacial score (nSPS) is 22.1. The predicted octanol–water partition coefficient (Wildman–Crippen LogP) is 1.76. The molecule has 88 valence electrons. The second-order valence-electron chi connectivity index (χ2n) is 4.90. The van der Waals surface area contributed by atoms with E-state index in [2.05, 4.69) is 13.8 Å². The van der Waals surface area contributed by atoms with E-state index >= 15 is 0 Å². The highest BCUT2D eigenvalue weighted by molar-refractivity contribution is 5.76. The van der Waals surface area contributed by atoms with Crippen molar-refractivity contribution in [3.8, 4) is 0 Å². The van der Waals surface area contributed by atoms with Crippen molar-refractivity contribution in [2.24, 2.45) is 11.7 Å². The highest BCUT2D eigenvalue weighted by atomic mass is 16.2. The number of piperidine rings is 1. The van der Waals surface area contributed by atoms with E-state index in [9.17, 15) is 4.79 Å². The molecule has 0 aliphatic carbocycles. The minimum atomic E-state index is 0.304. The molecule has 1 saturated heterocycles. The number of hydrogen-bond donors (Lipinski definition) is 1.